The first kappa shape index (κ1) is 35.2. The lowest BCUT2D eigenvalue weighted by Crippen LogP contribution is -2.46. The molecule has 0 atom stereocenters. The number of fused-ring (bicyclic) bond motifs is 10. The standard InChI is InChI=1S/C56H44BNO2/c1-55(2)46-19-11-8-16-39(46)41-25-23-37(31-48(41)55)58(38-24-26-43-42-18-10-13-21-52(42)60-53(43)32-38)51-34-49-45(40-17-9-12-20-47(40)56(49,3)4)33-44(51)35-22-27-50-54(30-35)59-29-28-57(50)36-14-6-5-7-15-36/h5-27,30-34H,28-29H2,1-4H3. The highest BCUT2D eigenvalue weighted by Gasteiger charge is 2.39. The number of rotatable bonds is 5. The first-order chi connectivity index (χ1) is 29.3. The van der Waals surface area contributed by atoms with Crippen LogP contribution in [-0.4, -0.2) is 13.3 Å². The fourth-order valence-electron chi connectivity index (χ4n) is 10.9. The van der Waals surface area contributed by atoms with Crippen molar-refractivity contribution in [2.45, 2.75) is 44.8 Å². The molecule has 0 spiro atoms. The molecule has 1 aromatic heterocycles. The van der Waals surface area contributed by atoms with Crippen LogP contribution in [0.25, 0.3) is 55.3 Å². The van der Waals surface area contributed by atoms with Gasteiger partial charge in [-0.25, -0.2) is 0 Å². The molecule has 3 nitrogen and oxygen atoms in total. The van der Waals surface area contributed by atoms with Crippen LogP contribution < -0.4 is 20.6 Å². The van der Waals surface area contributed by atoms with E-state index < -0.39 is 0 Å². The van der Waals surface area contributed by atoms with Crippen LogP contribution in [0.3, 0.4) is 0 Å². The second-order valence-electron chi connectivity index (χ2n) is 18.0. The number of ether oxygens (including phenoxy) is 1. The van der Waals surface area contributed by atoms with E-state index in [9.17, 15) is 0 Å². The minimum absolute atomic E-state index is 0.161. The second-order valence-corrected chi connectivity index (χ2v) is 18.0. The molecule has 0 N–H and O–H groups in total. The molecule has 0 saturated carbocycles. The monoisotopic (exact) mass is 773 g/mol. The normalized spacial score (nSPS) is 15.2. The Morgan fingerprint density at radius 1 is 0.483 bits per heavy atom. The molecule has 0 unspecified atom stereocenters. The maximum atomic E-state index is 6.59. The van der Waals surface area contributed by atoms with Crippen molar-refractivity contribution in [1.82, 2.24) is 0 Å². The van der Waals surface area contributed by atoms with Crippen LogP contribution in [0.15, 0.2) is 174 Å². The first-order valence-corrected chi connectivity index (χ1v) is 21.3. The predicted octanol–water partition coefficient (Wildman–Crippen LogP) is 13.3. The highest BCUT2D eigenvalue weighted by Crippen LogP contribution is 2.55. The van der Waals surface area contributed by atoms with Crippen LogP contribution in [-0.2, 0) is 10.8 Å². The molecule has 0 amide bonds. The van der Waals surface area contributed by atoms with E-state index in [0.717, 1.165) is 62.2 Å². The van der Waals surface area contributed by atoms with Gasteiger partial charge in [0.05, 0.1) is 12.3 Å². The van der Waals surface area contributed by atoms with Gasteiger partial charge in [0.1, 0.15) is 16.9 Å². The van der Waals surface area contributed by atoms with Crippen LogP contribution in [0.4, 0.5) is 17.1 Å². The Kier molecular flexibility index (Phi) is 7.54. The van der Waals surface area contributed by atoms with Crippen LogP contribution in [0.1, 0.15) is 49.9 Å². The number of anilines is 3. The van der Waals surface area contributed by atoms with E-state index in [4.69, 9.17) is 9.15 Å². The molecule has 3 aliphatic rings. The Bertz CT molecular complexity index is 3210. The van der Waals surface area contributed by atoms with Gasteiger partial charge >= 0.3 is 0 Å². The van der Waals surface area contributed by atoms with Gasteiger partial charge < -0.3 is 14.1 Å². The smallest absolute Gasteiger partial charge is 0.217 e. The third-order valence-corrected chi connectivity index (χ3v) is 14.0. The van der Waals surface area contributed by atoms with E-state index in [2.05, 4.69) is 196 Å². The molecule has 2 aliphatic carbocycles. The molecule has 288 valence electrons. The molecule has 0 radical (unpaired) electrons. The zero-order chi connectivity index (χ0) is 40.3. The van der Waals surface area contributed by atoms with Crippen molar-refractivity contribution in [2.24, 2.45) is 0 Å². The number of hydrogen-bond donors (Lipinski definition) is 0. The molecule has 60 heavy (non-hydrogen) atoms. The summed E-state index contributed by atoms with van der Waals surface area (Å²) in [6.45, 7) is 10.5. The molecule has 2 heterocycles. The highest BCUT2D eigenvalue weighted by atomic mass is 16.5. The fraction of sp³-hybridized carbons (Fsp3) is 0.143. The number of para-hydroxylation sites is 1. The van der Waals surface area contributed by atoms with E-state index in [0.29, 0.717) is 13.3 Å². The summed E-state index contributed by atoms with van der Waals surface area (Å²) in [6.07, 6.45) is 0.961. The minimum atomic E-state index is -0.197. The van der Waals surface area contributed by atoms with E-state index in [1.54, 1.807) is 0 Å². The lowest BCUT2D eigenvalue weighted by Gasteiger charge is -2.32. The molecule has 4 heteroatoms. The van der Waals surface area contributed by atoms with Crippen molar-refractivity contribution in [3.63, 3.8) is 0 Å². The van der Waals surface area contributed by atoms with Gasteiger partial charge in [0, 0.05) is 44.6 Å². The lowest BCUT2D eigenvalue weighted by molar-refractivity contribution is 0.337. The maximum Gasteiger partial charge on any atom is 0.217 e. The minimum Gasteiger partial charge on any atom is -0.495 e. The maximum absolute atomic E-state index is 6.59. The largest absolute Gasteiger partial charge is 0.495 e. The summed E-state index contributed by atoms with van der Waals surface area (Å²) in [6, 6.07) is 62.8. The Hall–Kier alpha value is -6.78. The molecule has 0 bridgehead atoms. The number of hydrogen-bond acceptors (Lipinski definition) is 3. The van der Waals surface area contributed by atoms with Gasteiger partial charge in [0.25, 0.3) is 0 Å². The topological polar surface area (TPSA) is 25.6 Å². The summed E-state index contributed by atoms with van der Waals surface area (Å²) in [5, 5.41) is 2.24. The molecule has 1 aliphatic heterocycles. The highest BCUT2D eigenvalue weighted by molar-refractivity contribution is 6.86. The lowest BCUT2D eigenvalue weighted by atomic mass is 9.38. The van der Waals surface area contributed by atoms with Gasteiger partial charge in [0.15, 0.2) is 0 Å². The Balaban J connectivity index is 1.12. The predicted molar refractivity (Wildman–Crippen MR) is 251 cm³/mol. The van der Waals surface area contributed by atoms with E-state index in [-0.39, 0.29) is 10.8 Å². The van der Waals surface area contributed by atoms with Crippen LogP contribution in [0.5, 0.6) is 5.75 Å². The van der Waals surface area contributed by atoms with Crippen molar-refractivity contribution in [3.8, 4) is 39.1 Å². The summed E-state index contributed by atoms with van der Waals surface area (Å²) in [5.74, 6) is 0.965. The zero-order valence-electron chi connectivity index (χ0n) is 34.4. The van der Waals surface area contributed by atoms with Gasteiger partial charge in [0.2, 0.25) is 6.71 Å². The van der Waals surface area contributed by atoms with Crippen molar-refractivity contribution >= 4 is 56.6 Å². The first-order valence-electron chi connectivity index (χ1n) is 21.3. The summed E-state index contributed by atoms with van der Waals surface area (Å²) < 4.78 is 13.1. The van der Waals surface area contributed by atoms with Gasteiger partial charge in [-0.15, -0.1) is 0 Å². The third kappa shape index (κ3) is 5.10. The number of benzene rings is 8. The van der Waals surface area contributed by atoms with Gasteiger partial charge in [-0.05, 0) is 110 Å². The average molecular weight is 774 g/mol. The second kappa shape index (κ2) is 12.9. The molecule has 12 rings (SSSR count). The van der Waals surface area contributed by atoms with Crippen molar-refractivity contribution in [1.29, 1.82) is 0 Å². The van der Waals surface area contributed by atoms with Gasteiger partial charge in [-0.2, -0.15) is 0 Å². The van der Waals surface area contributed by atoms with E-state index in [1.807, 2.05) is 6.07 Å². The molecule has 0 saturated heterocycles. The van der Waals surface area contributed by atoms with Crippen LogP contribution >= 0.6 is 0 Å². The molecular weight excluding hydrogens is 729 g/mol. The average Bonchev–Trinajstić information content (AvgIpc) is 3.85. The van der Waals surface area contributed by atoms with Gasteiger partial charge in [-0.1, -0.05) is 148 Å². The third-order valence-electron chi connectivity index (χ3n) is 14.0. The summed E-state index contributed by atoms with van der Waals surface area (Å²) >= 11 is 0. The zero-order valence-corrected chi connectivity index (χ0v) is 34.4. The summed E-state index contributed by atoms with van der Waals surface area (Å²) in [5.41, 5.74) is 20.1. The number of nitrogens with zero attached hydrogens (tertiary/aromatic N) is 1. The fourth-order valence-corrected chi connectivity index (χ4v) is 10.9. The quantitative estimate of drug-likeness (QED) is 0.163. The summed E-state index contributed by atoms with van der Waals surface area (Å²) in [7, 11) is 0. The Labute approximate surface area is 352 Å². The van der Waals surface area contributed by atoms with Crippen LogP contribution in [0.2, 0.25) is 6.32 Å². The molecule has 0 fully saturated rings. The van der Waals surface area contributed by atoms with E-state index >= 15 is 0 Å². The van der Waals surface area contributed by atoms with Crippen molar-refractivity contribution in [2.75, 3.05) is 11.5 Å². The summed E-state index contributed by atoms with van der Waals surface area (Å²) in [4.78, 5) is 2.48. The van der Waals surface area contributed by atoms with Crippen LogP contribution in [0, 0.1) is 0 Å². The Morgan fingerprint density at radius 3 is 1.92 bits per heavy atom. The van der Waals surface area contributed by atoms with Gasteiger partial charge in [-0.3, -0.25) is 0 Å². The Morgan fingerprint density at radius 2 is 1.12 bits per heavy atom. The SMILES string of the molecule is CC1(C)c2ccccc2-c2ccc(N(c3ccc4c(c3)oc3ccccc34)c3cc4c(cc3-c3ccc5c(c3)OCCB5c3ccccc3)-c3ccccc3C4(C)C)cc21. The van der Waals surface area contributed by atoms with Crippen molar-refractivity contribution < 1.29 is 9.15 Å². The van der Waals surface area contributed by atoms with Crippen molar-refractivity contribution in [3.05, 3.63) is 192 Å². The molecule has 9 aromatic rings. The number of furan rings is 1. The molecule has 8 aromatic carbocycles. The molecular formula is C56H44BNO2. The van der Waals surface area contributed by atoms with E-state index in [1.165, 1.54) is 55.4 Å².